The molecule has 0 amide bonds. The highest BCUT2D eigenvalue weighted by atomic mass is 16.3. The van der Waals surface area contributed by atoms with Crippen LogP contribution >= 0.6 is 0 Å². The first-order valence-corrected chi connectivity index (χ1v) is 8.33. The predicted octanol–water partition coefficient (Wildman–Crippen LogP) is 3.89. The van der Waals surface area contributed by atoms with Crippen molar-refractivity contribution in [2.75, 3.05) is 13.6 Å². The predicted molar refractivity (Wildman–Crippen MR) is 87.9 cm³/mol. The Balaban J connectivity index is 1.90. The quantitative estimate of drug-likeness (QED) is 0.895. The van der Waals surface area contributed by atoms with E-state index < -0.39 is 0 Å². The van der Waals surface area contributed by atoms with Crippen molar-refractivity contribution in [3.05, 3.63) is 24.2 Å². The molecule has 0 aromatic carbocycles. The lowest BCUT2D eigenvalue weighted by Gasteiger charge is -2.41. The fourth-order valence-corrected chi connectivity index (χ4v) is 3.89. The molecule has 0 aliphatic heterocycles. The number of rotatable bonds is 5. The molecule has 0 spiro atoms. The average molecular weight is 292 g/mol. The first kappa shape index (κ1) is 16.6. The van der Waals surface area contributed by atoms with Crippen LogP contribution in [0, 0.1) is 17.3 Å². The van der Waals surface area contributed by atoms with Gasteiger partial charge in [0.25, 0.3) is 0 Å². The van der Waals surface area contributed by atoms with E-state index in [2.05, 4.69) is 32.7 Å². The van der Waals surface area contributed by atoms with E-state index >= 15 is 0 Å². The summed E-state index contributed by atoms with van der Waals surface area (Å²) < 4.78 is 5.17. The lowest BCUT2D eigenvalue weighted by molar-refractivity contribution is 0.0917. The molecule has 3 heteroatoms. The van der Waals surface area contributed by atoms with Crippen molar-refractivity contribution in [3.8, 4) is 0 Å². The Morgan fingerprint density at radius 3 is 2.43 bits per heavy atom. The molecular weight excluding hydrogens is 260 g/mol. The lowest BCUT2D eigenvalue weighted by atomic mass is 9.68. The molecule has 21 heavy (non-hydrogen) atoms. The molecule has 1 aliphatic rings. The second-order valence-corrected chi connectivity index (χ2v) is 7.83. The normalized spacial score (nSPS) is 25.2. The third-order valence-electron chi connectivity index (χ3n) is 5.36. The van der Waals surface area contributed by atoms with Crippen LogP contribution in [0.5, 0.6) is 0 Å². The minimum absolute atomic E-state index is 0.450. The van der Waals surface area contributed by atoms with Gasteiger partial charge in [-0.05, 0) is 56.0 Å². The number of nitrogens with zero attached hydrogens (tertiary/aromatic N) is 1. The summed E-state index contributed by atoms with van der Waals surface area (Å²) in [6, 6.07) is 2.53. The second-order valence-electron chi connectivity index (χ2n) is 7.83. The third kappa shape index (κ3) is 4.33. The second kappa shape index (κ2) is 6.97. The Bertz CT molecular complexity index is 399. The van der Waals surface area contributed by atoms with E-state index in [-0.39, 0.29) is 0 Å². The van der Waals surface area contributed by atoms with Gasteiger partial charge in [-0.15, -0.1) is 0 Å². The maximum absolute atomic E-state index is 6.09. The maximum Gasteiger partial charge on any atom is 0.0947 e. The Morgan fingerprint density at radius 2 is 1.95 bits per heavy atom. The summed E-state index contributed by atoms with van der Waals surface area (Å²) in [4.78, 5) is 2.41. The molecule has 0 bridgehead atoms. The highest BCUT2D eigenvalue weighted by Crippen LogP contribution is 2.41. The first-order chi connectivity index (χ1) is 9.91. The van der Waals surface area contributed by atoms with Crippen molar-refractivity contribution in [1.82, 2.24) is 4.90 Å². The van der Waals surface area contributed by atoms with Gasteiger partial charge in [-0.25, -0.2) is 0 Å². The van der Waals surface area contributed by atoms with Gasteiger partial charge in [0, 0.05) is 24.7 Å². The summed E-state index contributed by atoms with van der Waals surface area (Å²) in [5, 5.41) is 0. The van der Waals surface area contributed by atoms with Gasteiger partial charge in [-0.1, -0.05) is 20.8 Å². The highest BCUT2D eigenvalue weighted by molar-refractivity contribution is 5.05. The SMILES string of the molecule is CN(Cc1ccoc1)C(CN)C1CCC(C(C)(C)C)CC1. The molecule has 1 heterocycles. The summed E-state index contributed by atoms with van der Waals surface area (Å²) in [5.41, 5.74) is 7.77. The van der Waals surface area contributed by atoms with Gasteiger partial charge in [-0.3, -0.25) is 4.90 Å². The van der Waals surface area contributed by atoms with Crippen LogP contribution in [0.3, 0.4) is 0 Å². The molecule has 1 fully saturated rings. The van der Waals surface area contributed by atoms with E-state index in [0.29, 0.717) is 11.5 Å². The molecule has 1 unspecified atom stereocenters. The van der Waals surface area contributed by atoms with Crippen molar-refractivity contribution in [3.63, 3.8) is 0 Å². The van der Waals surface area contributed by atoms with E-state index in [1.807, 2.05) is 12.3 Å². The number of hydrogen-bond donors (Lipinski definition) is 1. The van der Waals surface area contributed by atoms with E-state index in [1.165, 1.54) is 31.2 Å². The van der Waals surface area contributed by atoms with Crippen LogP contribution in [-0.2, 0) is 6.54 Å². The minimum atomic E-state index is 0.450. The van der Waals surface area contributed by atoms with Crippen molar-refractivity contribution in [1.29, 1.82) is 0 Å². The van der Waals surface area contributed by atoms with Gasteiger partial charge >= 0.3 is 0 Å². The molecule has 0 saturated heterocycles. The standard InChI is InChI=1S/C18H32N2O/c1-18(2,3)16-7-5-15(6-8-16)17(11-19)20(4)12-14-9-10-21-13-14/h9-10,13,15-17H,5-8,11-12,19H2,1-4H3. The van der Waals surface area contributed by atoms with Crippen LogP contribution in [0.25, 0.3) is 0 Å². The summed E-state index contributed by atoms with van der Waals surface area (Å²) in [6.45, 7) is 8.81. The van der Waals surface area contributed by atoms with Gasteiger partial charge in [0.15, 0.2) is 0 Å². The number of hydrogen-bond acceptors (Lipinski definition) is 3. The molecule has 2 rings (SSSR count). The molecular formula is C18H32N2O. The smallest absolute Gasteiger partial charge is 0.0947 e. The van der Waals surface area contributed by atoms with Gasteiger partial charge in [0.2, 0.25) is 0 Å². The highest BCUT2D eigenvalue weighted by Gasteiger charge is 2.33. The van der Waals surface area contributed by atoms with Crippen molar-refractivity contribution < 1.29 is 4.42 Å². The minimum Gasteiger partial charge on any atom is -0.472 e. The largest absolute Gasteiger partial charge is 0.472 e. The van der Waals surface area contributed by atoms with E-state index in [1.54, 1.807) is 6.26 Å². The molecule has 2 N–H and O–H groups in total. The first-order valence-electron chi connectivity index (χ1n) is 8.33. The van der Waals surface area contributed by atoms with E-state index in [9.17, 15) is 0 Å². The molecule has 3 nitrogen and oxygen atoms in total. The van der Waals surface area contributed by atoms with Crippen LogP contribution < -0.4 is 5.73 Å². The zero-order valence-corrected chi connectivity index (χ0v) is 14.1. The van der Waals surface area contributed by atoms with Crippen molar-refractivity contribution in [2.45, 2.75) is 59.0 Å². The number of nitrogens with two attached hydrogens (primary N) is 1. The third-order valence-corrected chi connectivity index (χ3v) is 5.36. The maximum atomic E-state index is 6.09. The molecule has 1 aliphatic carbocycles. The van der Waals surface area contributed by atoms with Crippen LogP contribution in [0.15, 0.2) is 23.0 Å². The Morgan fingerprint density at radius 1 is 1.29 bits per heavy atom. The molecule has 1 saturated carbocycles. The van der Waals surface area contributed by atoms with Gasteiger partial charge in [-0.2, -0.15) is 0 Å². The monoisotopic (exact) mass is 292 g/mol. The van der Waals surface area contributed by atoms with Gasteiger partial charge in [0.1, 0.15) is 0 Å². The summed E-state index contributed by atoms with van der Waals surface area (Å²) in [6.07, 6.45) is 8.92. The van der Waals surface area contributed by atoms with Crippen molar-refractivity contribution in [2.24, 2.45) is 23.0 Å². The fourth-order valence-electron chi connectivity index (χ4n) is 3.89. The summed E-state index contributed by atoms with van der Waals surface area (Å²) in [5.74, 6) is 1.61. The van der Waals surface area contributed by atoms with Crippen LogP contribution in [-0.4, -0.2) is 24.5 Å². The van der Waals surface area contributed by atoms with Gasteiger partial charge in [0.05, 0.1) is 12.5 Å². The van der Waals surface area contributed by atoms with Crippen LogP contribution in [0.2, 0.25) is 0 Å². The molecule has 0 radical (unpaired) electrons. The van der Waals surface area contributed by atoms with Crippen molar-refractivity contribution >= 4 is 0 Å². The molecule has 120 valence electrons. The molecule has 1 atom stereocenters. The average Bonchev–Trinajstić information content (AvgIpc) is 2.92. The number of furan rings is 1. The van der Waals surface area contributed by atoms with E-state index in [0.717, 1.165) is 24.9 Å². The topological polar surface area (TPSA) is 42.4 Å². The Hall–Kier alpha value is -0.800. The summed E-state index contributed by atoms with van der Waals surface area (Å²) in [7, 11) is 2.19. The Labute approximate surface area is 129 Å². The van der Waals surface area contributed by atoms with Crippen LogP contribution in [0.4, 0.5) is 0 Å². The lowest BCUT2D eigenvalue weighted by Crippen LogP contribution is -2.44. The fraction of sp³-hybridized carbons (Fsp3) is 0.778. The zero-order chi connectivity index (χ0) is 15.5. The van der Waals surface area contributed by atoms with E-state index in [4.69, 9.17) is 10.2 Å². The number of likely N-dealkylation sites (N-methyl/N-ethyl adjacent to an activating group) is 1. The summed E-state index contributed by atoms with van der Waals surface area (Å²) >= 11 is 0. The molecule has 1 aromatic heterocycles. The van der Waals surface area contributed by atoms with Gasteiger partial charge < -0.3 is 10.2 Å². The van der Waals surface area contributed by atoms with Crippen LogP contribution in [0.1, 0.15) is 52.0 Å². The Kier molecular flexibility index (Phi) is 5.50. The molecule has 1 aromatic rings. The zero-order valence-electron chi connectivity index (χ0n) is 14.1.